The summed E-state index contributed by atoms with van der Waals surface area (Å²) < 4.78 is 0. The number of guanidine groups is 1. The van der Waals surface area contributed by atoms with Crippen LogP contribution in [0.15, 0.2) is 4.99 Å². The molecule has 2 atom stereocenters. The SMILES string of the molecule is CCC(C)NC(N)=NCC(C(C)C)N1CCCCCC1. The molecule has 0 amide bonds. The standard InChI is InChI=1S/C16H34N4/c1-5-14(4)19-16(17)18-12-15(13(2)3)20-10-8-6-7-9-11-20/h13-15H,5-12H2,1-4H3,(H3,17,18,19). The van der Waals surface area contributed by atoms with Crippen LogP contribution in [-0.4, -0.2) is 42.6 Å². The fourth-order valence-electron chi connectivity index (χ4n) is 2.77. The highest BCUT2D eigenvalue weighted by Gasteiger charge is 2.22. The first-order valence-corrected chi connectivity index (χ1v) is 8.35. The first kappa shape index (κ1) is 17.3. The molecule has 0 saturated carbocycles. The molecule has 1 saturated heterocycles. The van der Waals surface area contributed by atoms with Crippen LogP contribution < -0.4 is 11.1 Å². The molecule has 0 spiro atoms. The summed E-state index contributed by atoms with van der Waals surface area (Å²) in [6, 6.07) is 0.916. The van der Waals surface area contributed by atoms with Crippen molar-refractivity contribution in [3.8, 4) is 0 Å². The van der Waals surface area contributed by atoms with Crippen LogP contribution in [0.5, 0.6) is 0 Å². The predicted molar refractivity (Wildman–Crippen MR) is 88.0 cm³/mol. The lowest BCUT2D eigenvalue weighted by Crippen LogP contribution is -2.43. The zero-order valence-electron chi connectivity index (χ0n) is 13.9. The summed E-state index contributed by atoms with van der Waals surface area (Å²) in [5, 5.41) is 3.25. The van der Waals surface area contributed by atoms with Gasteiger partial charge >= 0.3 is 0 Å². The number of aliphatic imine (C=N–C) groups is 1. The lowest BCUT2D eigenvalue weighted by Gasteiger charge is -2.32. The van der Waals surface area contributed by atoms with Gasteiger partial charge in [0, 0.05) is 12.1 Å². The summed E-state index contributed by atoms with van der Waals surface area (Å²) in [6.45, 7) is 12.1. The highest BCUT2D eigenvalue weighted by molar-refractivity contribution is 5.78. The molecule has 4 nitrogen and oxygen atoms in total. The summed E-state index contributed by atoms with van der Waals surface area (Å²) in [7, 11) is 0. The third kappa shape index (κ3) is 6.12. The van der Waals surface area contributed by atoms with Gasteiger partial charge in [-0.2, -0.15) is 0 Å². The molecule has 4 heteroatoms. The first-order valence-electron chi connectivity index (χ1n) is 8.35. The van der Waals surface area contributed by atoms with Gasteiger partial charge in [-0.3, -0.25) is 9.89 Å². The van der Waals surface area contributed by atoms with E-state index in [4.69, 9.17) is 5.73 Å². The largest absolute Gasteiger partial charge is 0.370 e. The smallest absolute Gasteiger partial charge is 0.188 e. The van der Waals surface area contributed by atoms with E-state index in [9.17, 15) is 0 Å². The van der Waals surface area contributed by atoms with E-state index in [0.29, 0.717) is 24.0 Å². The summed E-state index contributed by atoms with van der Waals surface area (Å²) in [5.74, 6) is 1.22. The number of nitrogens with zero attached hydrogens (tertiary/aromatic N) is 2. The van der Waals surface area contributed by atoms with E-state index < -0.39 is 0 Å². The number of likely N-dealkylation sites (tertiary alicyclic amines) is 1. The van der Waals surface area contributed by atoms with Gasteiger partial charge in [0.15, 0.2) is 5.96 Å². The maximum Gasteiger partial charge on any atom is 0.188 e. The van der Waals surface area contributed by atoms with E-state index in [-0.39, 0.29) is 0 Å². The van der Waals surface area contributed by atoms with Gasteiger partial charge in [0.2, 0.25) is 0 Å². The summed E-state index contributed by atoms with van der Waals surface area (Å²) in [4.78, 5) is 7.20. The molecule has 0 aliphatic carbocycles. The second-order valence-electron chi connectivity index (χ2n) is 6.44. The van der Waals surface area contributed by atoms with Crippen LogP contribution in [0.1, 0.15) is 59.8 Å². The van der Waals surface area contributed by atoms with E-state index in [1.54, 1.807) is 0 Å². The lowest BCUT2D eigenvalue weighted by molar-refractivity contribution is 0.166. The van der Waals surface area contributed by atoms with Crippen LogP contribution >= 0.6 is 0 Å². The molecule has 20 heavy (non-hydrogen) atoms. The fourth-order valence-corrected chi connectivity index (χ4v) is 2.77. The van der Waals surface area contributed by atoms with Crippen molar-refractivity contribution in [3.05, 3.63) is 0 Å². The summed E-state index contributed by atoms with van der Waals surface area (Å²) >= 11 is 0. The predicted octanol–water partition coefficient (Wildman–Crippen LogP) is 2.59. The highest BCUT2D eigenvalue weighted by atomic mass is 15.2. The average Bonchev–Trinajstić information content (AvgIpc) is 2.67. The molecule has 0 aromatic rings. The van der Waals surface area contributed by atoms with Gasteiger partial charge in [-0.1, -0.05) is 33.6 Å². The van der Waals surface area contributed by atoms with Gasteiger partial charge in [-0.15, -0.1) is 0 Å². The Morgan fingerprint density at radius 3 is 2.25 bits per heavy atom. The maximum atomic E-state index is 5.98. The van der Waals surface area contributed by atoms with Crippen molar-refractivity contribution in [2.45, 2.75) is 71.9 Å². The second kappa shape index (κ2) is 9.22. The van der Waals surface area contributed by atoms with E-state index in [1.165, 1.54) is 38.8 Å². The Bertz CT molecular complexity index is 280. The van der Waals surface area contributed by atoms with Crippen molar-refractivity contribution in [2.75, 3.05) is 19.6 Å². The van der Waals surface area contributed by atoms with Crippen LogP contribution in [0.2, 0.25) is 0 Å². The number of rotatable bonds is 6. The zero-order chi connectivity index (χ0) is 15.0. The Kier molecular flexibility index (Phi) is 7.97. The Labute approximate surface area is 125 Å². The molecule has 2 unspecified atom stereocenters. The number of hydrogen-bond donors (Lipinski definition) is 2. The van der Waals surface area contributed by atoms with Crippen LogP contribution in [0.3, 0.4) is 0 Å². The minimum absolute atomic E-state index is 0.398. The van der Waals surface area contributed by atoms with Crippen molar-refractivity contribution in [2.24, 2.45) is 16.6 Å². The summed E-state index contributed by atoms with van der Waals surface area (Å²) in [5.41, 5.74) is 5.98. The molecule has 1 aliphatic rings. The van der Waals surface area contributed by atoms with Crippen LogP contribution in [0, 0.1) is 5.92 Å². The topological polar surface area (TPSA) is 53.6 Å². The van der Waals surface area contributed by atoms with Gasteiger partial charge in [-0.25, -0.2) is 0 Å². The number of nitrogens with two attached hydrogens (primary N) is 1. The minimum atomic E-state index is 0.398. The van der Waals surface area contributed by atoms with Gasteiger partial charge < -0.3 is 11.1 Å². The average molecular weight is 282 g/mol. The molecule has 1 aliphatic heterocycles. The van der Waals surface area contributed by atoms with Gasteiger partial charge in [0.1, 0.15) is 0 Å². The quantitative estimate of drug-likeness (QED) is 0.581. The van der Waals surface area contributed by atoms with E-state index in [1.807, 2.05) is 0 Å². The van der Waals surface area contributed by atoms with Crippen molar-refractivity contribution < 1.29 is 0 Å². The third-order valence-corrected chi connectivity index (χ3v) is 4.33. The molecule has 1 heterocycles. The molecular weight excluding hydrogens is 248 g/mol. The molecule has 0 radical (unpaired) electrons. The van der Waals surface area contributed by atoms with E-state index in [2.05, 4.69) is 42.9 Å². The Balaban J connectivity index is 2.55. The number of nitrogens with one attached hydrogen (secondary N) is 1. The van der Waals surface area contributed by atoms with Crippen molar-refractivity contribution >= 4 is 5.96 Å². The normalized spacial score (nSPS) is 21.6. The third-order valence-electron chi connectivity index (χ3n) is 4.33. The van der Waals surface area contributed by atoms with Gasteiger partial charge in [0.25, 0.3) is 0 Å². The van der Waals surface area contributed by atoms with Crippen molar-refractivity contribution in [3.63, 3.8) is 0 Å². The van der Waals surface area contributed by atoms with Gasteiger partial charge in [0.05, 0.1) is 6.54 Å². The minimum Gasteiger partial charge on any atom is -0.370 e. The molecule has 118 valence electrons. The zero-order valence-corrected chi connectivity index (χ0v) is 13.9. The molecule has 3 N–H and O–H groups in total. The van der Waals surface area contributed by atoms with Crippen LogP contribution in [0.4, 0.5) is 0 Å². The lowest BCUT2D eigenvalue weighted by atomic mass is 10.0. The molecule has 1 rings (SSSR count). The Morgan fingerprint density at radius 1 is 1.15 bits per heavy atom. The van der Waals surface area contributed by atoms with Crippen LogP contribution in [-0.2, 0) is 0 Å². The Hall–Kier alpha value is -0.770. The first-order chi connectivity index (χ1) is 9.54. The second-order valence-corrected chi connectivity index (χ2v) is 6.44. The monoisotopic (exact) mass is 282 g/mol. The molecular formula is C16H34N4. The van der Waals surface area contributed by atoms with Crippen molar-refractivity contribution in [1.29, 1.82) is 0 Å². The summed E-state index contributed by atoms with van der Waals surface area (Å²) in [6.07, 6.45) is 6.47. The molecule has 0 aromatic heterocycles. The highest BCUT2D eigenvalue weighted by Crippen LogP contribution is 2.17. The maximum absolute atomic E-state index is 5.98. The van der Waals surface area contributed by atoms with E-state index in [0.717, 1.165) is 13.0 Å². The Morgan fingerprint density at radius 2 is 1.75 bits per heavy atom. The van der Waals surface area contributed by atoms with E-state index >= 15 is 0 Å². The van der Waals surface area contributed by atoms with Crippen molar-refractivity contribution in [1.82, 2.24) is 10.2 Å². The molecule has 1 fully saturated rings. The van der Waals surface area contributed by atoms with Gasteiger partial charge in [-0.05, 0) is 45.2 Å². The molecule has 0 aromatic carbocycles. The number of hydrogen-bond acceptors (Lipinski definition) is 2. The fraction of sp³-hybridized carbons (Fsp3) is 0.938. The molecule has 0 bridgehead atoms. The van der Waals surface area contributed by atoms with Crippen LogP contribution in [0.25, 0.3) is 0 Å².